The van der Waals surface area contributed by atoms with Crippen LogP contribution in [-0.2, 0) is 29.1 Å². The fourth-order valence-electron chi connectivity index (χ4n) is 3.23. The number of carbonyl (C=O) groups is 2. The van der Waals surface area contributed by atoms with Gasteiger partial charge in [-0.3, -0.25) is 14.9 Å². The van der Waals surface area contributed by atoms with Gasteiger partial charge in [-0.15, -0.1) is 11.3 Å². The average Bonchev–Trinajstić information content (AvgIpc) is 3.32. The van der Waals surface area contributed by atoms with E-state index in [4.69, 9.17) is 5.73 Å². The van der Waals surface area contributed by atoms with E-state index in [1.807, 2.05) is 47.5 Å². The number of primary amides is 1. The number of fused-ring (bicyclic) bond motifs is 1. The number of hydrogen-bond donors (Lipinski definition) is 2. The van der Waals surface area contributed by atoms with Gasteiger partial charge in [0.1, 0.15) is 0 Å². The van der Waals surface area contributed by atoms with Crippen molar-refractivity contribution >= 4 is 23.2 Å². The molecule has 1 aliphatic rings. The lowest BCUT2D eigenvalue weighted by Crippen LogP contribution is -2.47. The van der Waals surface area contributed by atoms with E-state index in [-0.39, 0.29) is 17.9 Å². The summed E-state index contributed by atoms with van der Waals surface area (Å²) < 4.78 is 0. The minimum atomic E-state index is -0.454. The average molecular weight is 384 g/mol. The van der Waals surface area contributed by atoms with E-state index in [9.17, 15) is 9.59 Å². The molecule has 5 nitrogen and oxygen atoms in total. The Kier molecular flexibility index (Phi) is 6.42. The monoisotopic (exact) mass is 383 g/mol. The first-order valence-corrected chi connectivity index (χ1v) is 10.1. The number of nitrogens with zero attached hydrogens (tertiary/aromatic N) is 1. The molecule has 0 radical (unpaired) electrons. The SMILES string of the molecule is CCC(C=CC(=O)N1Cc2ccccc2C1)N[C@@H](Cc1cccs1)C(N)=O. The Morgan fingerprint density at radius 3 is 2.48 bits per heavy atom. The first kappa shape index (κ1) is 19.3. The summed E-state index contributed by atoms with van der Waals surface area (Å²) in [4.78, 5) is 27.3. The van der Waals surface area contributed by atoms with Crippen molar-refractivity contribution in [1.82, 2.24) is 10.2 Å². The second-order valence-electron chi connectivity index (χ2n) is 6.74. The van der Waals surface area contributed by atoms with Crippen molar-refractivity contribution in [2.24, 2.45) is 5.73 Å². The lowest BCUT2D eigenvalue weighted by molar-refractivity contribution is -0.126. The number of nitrogens with one attached hydrogen (secondary N) is 1. The van der Waals surface area contributed by atoms with E-state index in [2.05, 4.69) is 17.4 Å². The van der Waals surface area contributed by atoms with Crippen molar-refractivity contribution in [2.45, 2.75) is 44.9 Å². The molecular formula is C21H25N3O2S. The molecule has 1 aromatic heterocycles. The minimum Gasteiger partial charge on any atom is -0.368 e. The van der Waals surface area contributed by atoms with E-state index in [1.54, 1.807) is 17.4 Å². The van der Waals surface area contributed by atoms with Crippen LogP contribution in [0.1, 0.15) is 29.3 Å². The van der Waals surface area contributed by atoms with Gasteiger partial charge in [0.2, 0.25) is 11.8 Å². The number of nitrogens with two attached hydrogens (primary N) is 1. The molecule has 2 amide bonds. The van der Waals surface area contributed by atoms with Gasteiger partial charge in [0.25, 0.3) is 0 Å². The van der Waals surface area contributed by atoms with Crippen LogP contribution in [0.25, 0.3) is 0 Å². The highest BCUT2D eigenvalue weighted by atomic mass is 32.1. The molecule has 142 valence electrons. The molecule has 0 saturated carbocycles. The number of benzene rings is 1. The lowest BCUT2D eigenvalue weighted by Gasteiger charge is -2.20. The summed E-state index contributed by atoms with van der Waals surface area (Å²) in [5.41, 5.74) is 7.97. The van der Waals surface area contributed by atoms with Crippen LogP contribution in [0.2, 0.25) is 0 Å². The van der Waals surface area contributed by atoms with Gasteiger partial charge in [0.15, 0.2) is 0 Å². The Morgan fingerprint density at radius 1 is 1.22 bits per heavy atom. The number of rotatable bonds is 8. The quantitative estimate of drug-likeness (QED) is 0.688. The van der Waals surface area contributed by atoms with Crippen LogP contribution < -0.4 is 11.1 Å². The van der Waals surface area contributed by atoms with Crippen LogP contribution in [0.5, 0.6) is 0 Å². The lowest BCUT2D eigenvalue weighted by atomic mass is 10.1. The highest BCUT2D eigenvalue weighted by Crippen LogP contribution is 2.22. The van der Waals surface area contributed by atoms with Crippen molar-refractivity contribution in [1.29, 1.82) is 0 Å². The van der Waals surface area contributed by atoms with Crippen molar-refractivity contribution < 1.29 is 9.59 Å². The predicted octanol–water partition coefficient (Wildman–Crippen LogP) is 2.61. The molecule has 1 aliphatic heterocycles. The molecule has 6 heteroatoms. The Morgan fingerprint density at radius 2 is 1.93 bits per heavy atom. The third-order valence-electron chi connectivity index (χ3n) is 4.81. The van der Waals surface area contributed by atoms with Gasteiger partial charge >= 0.3 is 0 Å². The van der Waals surface area contributed by atoms with Gasteiger partial charge in [-0.1, -0.05) is 43.3 Å². The minimum absolute atomic E-state index is 0.0136. The van der Waals surface area contributed by atoms with Crippen molar-refractivity contribution in [3.05, 3.63) is 69.9 Å². The summed E-state index contributed by atoms with van der Waals surface area (Å²) in [6.45, 7) is 3.30. The molecule has 27 heavy (non-hydrogen) atoms. The predicted molar refractivity (Wildman–Crippen MR) is 108 cm³/mol. The molecule has 2 heterocycles. The van der Waals surface area contributed by atoms with Crippen LogP contribution in [0.15, 0.2) is 53.9 Å². The Hall–Kier alpha value is -2.44. The maximum atomic E-state index is 12.5. The van der Waals surface area contributed by atoms with Crippen LogP contribution in [-0.4, -0.2) is 28.8 Å². The molecule has 2 aromatic rings. The van der Waals surface area contributed by atoms with E-state index in [1.165, 1.54) is 11.1 Å². The Bertz CT molecular complexity index is 792. The third-order valence-corrected chi connectivity index (χ3v) is 5.71. The molecule has 3 rings (SSSR count). The van der Waals surface area contributed by atoms with Gasteiger partial charge in [0.05, 0.1) is 6.04 Å². The summed E-state index contributed by atoms with van der Waals surface area (Å²) in [7, 11) is 0. The summed E-state index contributed by atoms with van der Waals surface area (Å²) in [5.74, 6) is -0.392. The summed E-state index contributed by atoms with van der Waals surface area (Å²) in [6.07, 6.45) is 4.77. The van der Waals surface area contributed by atoms with Crippen LogP contribution in [0.3, 0.4) is 0 Å². The zero-order chi connectivity index (χ0) is 19.2. The molecule has 3 N–H and O–H groups in total. The number of amides is 2. The van der Waals surface area contributed by atoms with Crippen LogP contribution in [0.4, 0.5) is 0 Å². The first-order chi connectivity index (χ1) is 13.1. The van der Waals surface area contributed by atoms with Gasteiger partial charge in [-0.05, 0) is 29.0 Å². The second kappa shape index (κ2) is 8.97. The largest absolute Gasteiger partial charge is 0.368 e. The topological polar surface area (TPSA) is 75.4 Å². The Balaban J connectivity index is 1.58. The molecule has 1 unspecified atom stereocenters. The molecule has 0 fully saturated rings. The van der Waals surface area contributed by atoms with E-state index in [0.29, 0.717) is 19.5 Å². The fraction of sp³-hybridized carbons (Fsp3) is 0.333. The zero-order valence-electron chi connectivity index (χ0n) is 15.4. The van der Waals surface area contributed by atoms with Crippen LogP contribution in [0, 0.1) is 0 Å². The van der Waals surface area contributed by atoms with E-state index >= 15 is 0 Å². The number of thiophene rings is 1. The summed E-state index contributed by atoms with van der Waals surface area (Å²) in [6, 6.07) is 11.5. The standard InChI is InChI=1S/C21H25N3O2S/c1-2-17(23-19(21(22)26)12-18-8-5-11-27-18)9-10-20(25)24-13-15-6-3-4-7-16(15)14-24/h3-11,17,19,23H,2,12-14H2,1H3,(H2,22,26)/t17?,19-/m0/s1. The van der Waals surface area contributed by atoms with Gasteiger partial charge < -0.3 is 10.6 Å². The van der Waals surface area contributed by atoms with Crippen molar-refractivity contribution in [3.8, 4) is 0 Å². The molecule has 2 atom stereocenters. The summed E-state index contributed by atoms with van der Waals surface area (Å²) >= 11 is 1.61. The molecule has 0 spiro atoms. The highest BCUT2D eigenvalue weighted by molar-refractivity contribution is 7.09. The Labute approximate surface area is 163 Å². The van der Waals surface area contributed by atoms with Crippen LogP contribution >= 0.6 is 11.3 Å². The fourth-order valence-corrected chi connectivity index (χ4v) is 3.98. The third kappa shape index (κ3) is 5.05. The summed E-state index contributed by atoms with van der Waals surface area (Å²) in [5, 5.41) is 5.26. The molecule has 0 aliphatic carbocycles. The van der Waals surface area contributed by atoms with Crippen molar-refractivity contribution in [2.75, 3.05) is 0 Å². The van der Waals surface area contributed by atoms with Gasteiger partial charge in [-0.2, -0.15) is 0 Å². The second-order valence-corrected chi connectivity index (χ2v) is 7.77. The molecule has 1 aromatic carbocycles. The van der Waals surface area contributed by atoms with Crippen molar-refractivity contribution in [3.63, 3.8) is 0 Å². The van der Waals surface area contributed by atoms with E-state index < -0.39 is 6.04 Å². The highest BCUT2D eigenvalue weighted by Gasteiger charge is 2.22. The normalized spacial score (nSPS) is 15.7. The maximum Gasteiger partial charge on any atom is 0.246 e. The van der Waals surface area contributed by atoms with E-state index in [0.717, 1.165) is 11.3 Å². The first-order valence-electron chi connectivity index (χ1n) is 9.18. The molecule has 0 bridgehead atoms. The molecular weight excluding hydrogens is 358 g/mol. The number of carbonyl (C=O) groups excluding carboxylic acids is 2. The smallest absolute Gasteiger partial charge is 0.246 e. The van der Waals surface area contributed by atoms with Gasteiger partial charge in [-0.25, -0.2) is 0 Å². The maximum absolute atomic E-state index is 12.5. The zero-order valence-corrected chi connectivity index (χ0v) is 16.2. The molecule has 0 saturated heterocycles. The number of hydrogen-bond acceptors (Lipinski definition) is 4. The van der Waals surface area contributed by atoms with Gasteiger partial charge in [0, 0.05) is 36.5 Å².